The normalized spacial score (nSPS) is 12.8. The fourth-order valence-electron chi connectivity index (χ4n) is 1.12. The van der Waals surface area contributed by atoms with Gasteiger partial charge in [-0.3, -0.25) is 9.36 Å². The molecule has 0 bridgehead atoms. The van der Waals surface area contributed by atoms with Gasteiger partial charge in [-0.1, -0.05) is 6.07 Å². The lowest BCUT2D eigenvalue weighted by atomic mass is 10.3. The minimum Gasteiger partial charge on any atom is -0.392 e. The first kappa shape index (κ1) is 9.95. The summed E-state index contributed by atoms with van der Waals surface area (Å²) in [6, 6.07) is 3.18. The Morgan fingerprint density at radius 3 is 2.85 bits per heavy atom. The second-order valence-corrected chi connectivity index (χ2v) is 2.82. The molecule has 1 rings (SSSR count). The van der Waals surface area contributed by atoms with Gasteiger partial charge in [-0.05, 0) is 12.5 Å². The number of nitrogens with zero attached hydrogens (tertiary/aromatic N) is 1. The molecule has 0 saturated heterocycles. The summed E-state index contributed by atoms with van der Waals surface area (Å²) in [5.41, 5.74) is 0.779. The van der Waals surface area contributed by atoms with Gasteiger partial charge in [-0.15, -0.1) is 0 Å². The number of aryl methyl sites for hydroxylation is 1. The fraction of sp³-hybridized carbons (Fsp3) is 0.444. The molecule has 13 heavy (non-hydrogen) atoms. The van der Waals surface area contributed by atoms with Crippen molar-refractivity contribution in [2.45, 2.75) is 13.2 Å². The standard InChI is InChI=1S/C9H13NO3/c1-7-3-4-8(12)10(5-7)9(6-11)13-2/h3-5,9,11H,6H2,1-2H3. The van der Waals surface area contributed by atoms with Crippen molar-refractivity contribution in [2.24, 2.45) is 0 Å². The summed E-state index contributed by atoms with van der Waals surface area (Å²) in [6.07, 6.45) is 1.07. The van der Waals surface area contributed by atoms with Crippen molar-refractivity contribution in [2.75, 3.05) is 13.7 Å². The third kappa shape index (κ3) is 2.17. The molecular weight excluding hydrogens is 170 g/mol. The SMILES string of the molecule is COC(CO)n1cc(C)ccc1=O. The third-order valence-electron chi connectivity index (χ3n) is 1.82. The molecule has 0 amide bonds. The summed E-state index contributed by atoms with van der Waals surface area (Å²) in [5.74, 6) is 0. The molecular formula is C9H13NO3. The average Bonchev–Trinajstić information content (AvgIpc) is 2.13. The first-order chi connectivity index (χ1) is 6.19. The van der Waals surface area contributed by atoms with Crippen LogP contribution in [0, 0.1) is 6.92 Å². The Morgan fingerprint density at radius 2 is 2.31 bits per heavy atom. The summed E-state index contributed by atoms with van der Waals surface area (Å²) in [7, 11) is 1.45. The molecule has 4 nitrogen and oxygen atoms in total. The zero-order valence-electron chi connectivity index (χ0n) is 7.73. The summed E-state index contributed by atoms with van der Waals surface area (Å²) in [6.45, 7) is 1.67. The molecule has 0 saturated carbocycles. The van der Waals surface area contributed by atoms with Crippen LogP contribution in [-0.2, 0) is 4.74 Å². The van der Waals surface area contributed by atoms with E-state index in [1.807, 2.05) is 6.92 Å². The Hall–Kier alpha value is -1.13. The van der Waals surface area contributed by atoms with E-state index in [1.165, 1.54) is 17.7 Å². The predicted octanol–water partition coefficient (Wildman–Crippen LogP) is 0.294. The summed E-state index contributed by atoms with van der Waals surface area (Å²) in [4.78, 5) is 11.3. The Morgan fingerprint density at radius 1 is 1.62 bits per heavy atom. The van der Waals surface area contributed by atoms with Crippen LogP contribution >= 0.6 is 0 Å². The molecule has 0 aliphatic heterocycles. The van der Waals surface area contributed by atoms with Crippen LogP contribution in [0.2, 0.25) is 0 Å². The maximum atomic E-state index is 11.3. The number of aliphatic hydroxyl groups is 1. The summed E-state index contributed by atoms with van der Waals surface area (Å²) >= 11 is 0. The van der Waals surface area contributed by atoms with Crippen LogP contribution < -0.4 is 5.56 Å². The zero-order valence-corrected chi connectivity index (χ0v) is 7.73. The highest BCUT2D eigenvalue weighted by molar-refractivity contribution is 5.07. The molecule has 0 spiro atoms. The lowest BCUT2D eigenvalue weighted by Crippen LogP contribution is -2.27. The van der Waals surface area contributed by atoms with Crippen LogP contribution in [0.25, 0.3) is 0 Å². The number of hydrogen-bond donors (Lipinski definition) is 1. The highest BCUT2D eigenvalue weighted by atomic mass is 16.5. The molecule has 4 heteroatoms. The van der Waals surface area contributed by atoms with E-state index in [9.17, 15) is 4.79 Å². The van der Waals surface area contributed by atoms with Crippen LogP contribution in [0.1, 0.15) is 11.8 Å². The number of ether oxygens (including phenoxy) is 1. The summed E-state index contributed by atoms with van der Waals surface area (Å²) in [5, 5.41) is 8.91. The highest BCUT2D eigenvalue weighted by Crippen LogP contribution is 2.03. The van der Waals surface area contributed by atoms with Crippen molar-refractivity contribution >= 4 is 0 Å². The molecule has 1 atom stereocenters. The average molecular weight is 183 g/mol. The van der Waals surface area contributed by atoms with Gasteiger partial charge in [0.15, 0.2) is 6.23 Å². The van der Waals surface area contributed by atoms with Crippen LogP contribution in [0.15, 0.2) is 23.1 Å². The first-order valence-corrected chi connectivity index (χ1v) is 4.01. The molecule has 72 valence electrons. The van der Waals surface area contributed by atoms with Crippen LogP contribution in [0.3, 0.4) is 0 Å². The summed E-state index contributed by atoms with van der Waals surface area (Å²) < 4.78 is 6.30. The van der Waals surface area contributed by atoms with E-state index in [4.69, 9.17) is 9.84 Å². The zero-order chi connectivity index (χ0) is 9.84. The van der Waals surface area contributed by atoms with Crippen molar-refractivity contribution in [1.82, 2.24) is 4.57 Å². The Labute approximate surface area is 76.4 Å². The Balaban J connectivity index is 3.11. The quantitative estimate of drug-likeness (QED) is 0.733. The van der Waals surface area contributed by atoms with Crippen LogP contribution in [0.5, 0.6) is 0 Å². The van der Waals surface area contributed by atoms with E-state index in [0.29, 0.717) is 0 Å². The molecule has 1 unspecified atom stereocenters. The maximum Gasteiger partial charge on any atom is 0.252 e. The monoisotopic (exact) mass is 183 g/mol. The van der Waals surface area contributed by atoms with Crippen LogP contribution in [0.4, 0.5) is 0 Å². The number of aliphatic hydroxyl groups excluding tert-OH is 1. The van der Waals surface area contributed by atoms with E-state index < -0.39 is 6.23 Å². The number of methoxy groups -OCH3 is 1. The molecule has 1 aromatic rings. The lowest BCUT2D eigenvalue weighted by molar-refractivity contribution is -0.00502. The second kappa shape index (κ2) is 4.20. The topological polar surface area (TPSA) is 51.5 Å². The first-order valence-electron chi connectivity index (χ1n) is 4.01. The van der Waals surface area contributed by atoms with E-state index in [2.05, 4.69) is 0 Å². The predicted molar refractivity (Wildman–Crippen MR) is 48.6 cm³/mol. The minimum absolute atomic E-state index is 0.175. The molecule has 1 N–H and O–H groups in total. The minimum atomic E-state index is -0.590. The lowest BCUT2D eigenvalue weighted by Gasteiger charge is -2.15. The van der Waals surface area contributed by atoms with Crippen molar-refractivity contribution in [1.29, 1.82) is 0 Å². The van der Waals surface area contributed by atoms with Gasteiger partial charge in [-0.25, -0.2) is 0 Å². The second-order valence-electron chi connectivity index (χ2n) is 2.82. The van der Waals surface area contributed by atoms with Gasteiger partial charge < -0.3 is 9.84 Å². The molecule has 1 heterocycles. The molecule has 0 fully saturated rings. The van der Waals surface area contributed by atoms with Gasteiger partial charge >= 0.3 is 0 Å². The highest BCUT2D eigenvalue weighted by Gasteiger charge is 2.08. The third-order valence-corrected chi connectivity index (χ3v) is 1.82. The van der Waals surface area contributed by atoms with Crippen molar-refractivity contribution in [3.63, 3.8) is 0 Å². The number of rotatable bonds is 3. The van der Waals surface area contributed by atoms with Gasteiger partial charge in [0.25, 0.3) is 5.56 Å². The van der Waals surface area contributed by atoms with Gasteiger partial charge in [0.2, 0.25) is 0 Å². The van der Waals surface area contributed by atoms with Crippen molar-refractivity contribution in [3.8, 4) is 0 Å². The molecule has 1 aromatic heterocycles. The smallest absolute Gasteiger partial charge is 0.252 e. The fourth-order valence-corrected chi connectivity index (χ4v) is 1.12. The number of pyridine rings is 1. The molecule has 0 aromatic carbocycles. The van der Waals surface area contributed by atoms with Gasteiger partial charge in [0, 0.05) is 19.4 Å². The van der Waals surface area contributed by atoms with E-state index in [0.717, 1.165) is 5.56 Å². The van der Waals surface area contributed by atoms with E-state index >= 15 is 0 Å². The Bertz CT molecular complexity index is 328. The molecule has 0 aliphatic rings. The van der Waals surface area contributed by atoms with Gasteiger partial charge in [-0.2, -0.15) is 0 Å². The molecule has 0 radical (unpaired) electrons. The van der Waals surface area contributed by atoms with Crippen molar-refractivity contribution < 1.29 is 9.84 Å². The number of aromatic nitrogens is 1. The van der Waals surface area contributed by atoms with E-state index in [1.54, 1.807) is 12.3 Å². The molecule has 0 aliphatic carbocycles. The van der Waals surface area contributed by atoms with Gasteiger partial charge in [0.05, 0.1) is 6.61 Å². The van der Waals surface area contributed by atoms with Crippen LogP contribution in [-0.4, -0.2) is 23.4 Å². The van der Waals surface area contributed by atoms with Crippen molar-refractivity contribution in [3.05, 3.63) is 34.2 Å². The maximum absolute atomic E-state index is 11.3. The van der Waals surface area contributed by atoms with Gasteiger partial charge in [0.1, 0.15) is 0 Å². The van der Waals surface area contributed by atoms with E-state index in [-0.39, 0.29) is 12.2 Å². The Kier molecular flexibility index (Phi) is 3.22. The number of hydrogen-bond acceptors (Lipinski definition) is 3. The largest absolute Gasteiger partial charge is 0.392 e.